The van der Waals surface area contributed by atoms with Crippen LogP contribution in [0.3, 0.4) is 0 Å². The summed E-state index contributed by atoms with van der Waals surface area (Å²) in [6.07, 6.45) is 3.37. The van der Waals surface area contributed by atoms with Gasteiger partial charge in [-0.3, -0.25) is 14.8 Å². The fraction of sp³-hybridized carbons (Fsp3) is 0.0526. The van der Waals surface area contributed by atoms with Crippen molar-refractivity contribution in [2.24, 2.45) is 0 Å². The van der Waals surface area contributed by atoms with E-state index in [0.29, 0.717) is 11.3 Å². The second-order valence-electron chi connectivity index (χ2n) is 5.50. The van der Waals surface area contributed by atoms with E-state index in [1.54, 1.807) is 36.7 Å². The lowest BCUT2D eigenvalue weighted by atomic mass is 10.1. The number of aryl methyl sites for hydroxylation is 1. The third kappa shape index (κ3) is 2.46. The van der Waals surface area contributed by atoms with Crippen LogP contribution in [-0.4, -0.2) is 25.7 Å². The number of pyridine rings is 2. The van der Waals surface area contributed by atoms with E-state index in [0.717, 1.165) is 28.1 Å². The Bertz CT molecular complexity index is 1040. The maximum Gasteiger partial charge on any atom is 0.211 e. The Balaban J connectivity index is 1.77. The van der Waals surface area contributed by atoms with Crippen molar-refractivity contribution in [2.45, 2.75) is 6.92 Å². The minimum atomic E-state index is -0.105. The molecule has 0 spiro atoms. The Morgan fingerprint density at radius 2 is 1.88 bits per heavy atom. The SMILES string of the molecule is Cc1ncccc1-c1nc2ccc(C(=O)c3ccccn3)cc2[nH]1. The molecule has 24 heavy (non-hydrogen) atoms. The van der Waals surface area contributed by atoms with Crippen LogP contribution in [0.1, 0.15) is 21.7 Å². The fourth-order valence-electron chi connectivity index (χ4n) is 2.66. The number of carbonyl (C=O) groups excluding carboxylic acids is 1. The highest BCUT2D eigenvalue weighted by Crippen LogP contribution is 2.23. The predicted octanol–water partition coefficient (Wildman–Crippen LogP) is 3.56. The molecule has 3 aromatic heterocycles. The maximum atomic E-state index is 12.5. The zero-order chi connectivity index (χ0) is 16.5. The minimum absolute atomic E-state index is 0.105. The van der Waals surface area contributed by atoms with Gasteiger partial charge in [-0.05, 0) is 49.4 Å². The lowest BCUT2D eigenvalue weighted by molar-refractivity contribution is 0.103. The number of ketones is 1. The summed E-state index contributed by atoms with van der Waals surface area (Å²) in [5, 5.41) is 0. The van der Waals surface area contributed by atoms with E-state index >= 15 is 0 Å². The first-order valence-corrected chi connectivity index (χ1v) is 7.60. The van der Waals surface area contributed by atoms with Crippen molar-refractivity contribution in [3.05, 3.63) is 77.9 Å². The third-order valence-electron chi connectivity index (χ3n) is 3.90. The summed E-state index contributed by atoms with van der Waals surface area (Å²) >= 11 is 0. The number of aromatic nitrogens is 4. The molecule has 4 aromatic rings. The average Bonchev–Trinajstić information content (AvgIpc) is 3.05. The van der Waals surface area contributed by atoms with Crippen LogP contribution in [0.15, 0.2) is 60.9 Å². The van der Waals surface area contributed by atoms with Gasteiger partial charge in [-0.15, -0.1) is 0 Å². The van der Waals surface area contributed by atoms with Crippen molar-refractivity contribution < 1.29 is 4.79 Å². The van der Waals surface area contributed by atoms with E-state index in [1.165, 1.54) is 0 Å². The molecular weight excluding hydrogens is 300 g/mol. The number of benzene rings is 1. The molecule has 0 saturated carbocycles. The zero-order valence-corrected chi connectivity index (χ0v) is 13.0. The van der Waals surface area contributed by atoms with Crippen LogP contribution >= 0.6 is 0 Å². The molecule has 0 bridgehead atoms. The molecule has 0 unspecified atom stereocenters. The lowest BCUT2D eigenvalue weighted by Gasteiger charge is -2.00. The standard InChI is InChI=1S/C19H14N4O/c1-12-14(5-4-10-20-12)19-22-15-8-7-13(11-17(15)23-19)18(24)16-6-2-3-9-21-16/h2-11H,1H3,(H,22,23). The summed E-state index contributed by atoms with van der Waals surface area (Å²) in [4.78, 5) is 28.8. The van der Waals surface area contributed by atoms with Crippen molar-refractivity contribution in [1.29, 1.82) is 0 Å². The Hall–Kier alpha value is -3.34. The van der Waals surface area contributed by atoms with Gasteiger partial charge in [-0.1, -0.05) is 6.07 Å². The van der Waals surface area contributed by atoms with Gasteiger partial charge in [0.15, 0.2) is 0 Å². The summed E-state index contributed by atoms with van der Waals surface area (Å²) in [7, 11) is 0. The molecule has 0 radical (unpaired) electrons. The molecule has 0 fully saturated rings. The van der Waals surface area contributed by atoms with Crippen molar-refractivity contribution in [1.82, 2.24) is 19.9 Å². The molecule has 0 aliphatic rings. The fourth-order valence-corrected chi connectivity index (χ4v) is 2.66. The molecule has 0 amide bonds. The summed E-state index contributed by atoms with van der Waals surface area (Å²) in [6.45, 7) is 1.94. The second kappa shape index (κ2) is 5.70. The van der Waals surface area contributed by atoms with E-state index in [2.05, 4.69) is 19.9 Å². The average molecular weight is 314 g/mol. The molecule has 3 heterocycles. The van der Waals surface area contributed by atoms with E-state index in [9.17, 15) is 4.79 Å². The number of hydrogen-bond donors (Lipinski definition) is 1. The molecule has 4 rings (SSSR count). The number of H-pyrrole nitrogens is 1. The maximum absolute atomic E-state index is 12.5. The first-order chi connectivity index (χ1) is 11.7. The normalized spacial score (nSPS) is 10.9. The molecule has 5 heteroatoms. The molecule has 116 valence electrons. The van der Waals surface area contributed by atoms with E-state index in [-0.39, 0.29) is 5.78 Å². The van der Waals surface area contributed by atoms with Crippen LogP contribution in [0, 0.1) is 6.92 Å². The first kappa shape index (κ1) is 14.3. The number of hydrogen-bond acceptors (Lipinski definition) is 4. The van der Waals surface area contributed by atoms with Crippen LogP contribution in [0.25, 0.3) is 22.4 Å². The van der Waals surface area contributed by atoms with Gasteiger partial charge in [0.2, 0.25) is 5.78 Å². The molecule has 0 atom stereocenters. The molecule has 0 aliphatic heterocycles. The van der Waals surface area contributed by atoms with Gasteiger partial charge in [0.25, 0.3) is 0 Å². The number of nitrogens with zero attached hydrogens (tertiary/aromatic N) is 3. The van der Waals surface area contributed by atoms with Crippen molar-refractivity contribution in [3.8, 4) is 11.4 Å². The van der Waals surface area contributed by atoms with Gasteiger partial charge in [0.1, 0.15) is 11.5 Å². The van der Waals surface area contributed by atoms with Gasteiger partial charge in [0.05, 0.1) is 11.0 Å². The van der Waals surface area contributed by atoms with Crippen LogP contribution in [0.5, 0.6) is 0 Å². The third-order valence-corrected chi connectivity index (χ3v) is 3.90. The minimum Gasteiger partial charge on any atom is -0.338 e. The second-order valence-corrected chi connectivity index (χ2v) is 5.50. The number of nitrogens with one attached hydrogen (secondary N) is 1. The molecule has 5 nitrogen and oxygen atoms in total. The number of imidazole rings is 1. The molecule has 0 aliphatic carbocycles. The smallest absolute Gasteiger partial charge is 0.211 e. The molecule has 0 saturated heterocycles. The summed E-state index contributed by atoms with van der Waals surface area (Å²) in [5.41, 5.74) is 4.49. The van der Waals surface area contributed by atoms with Crippen LogP contribution < -0.4 is 0 Å². The highest BCUT2D eigenvalue weighted by molar-refractivity contribution is 6.09. The number of carbonyl (C=O) groups is 1. The molecule has 1 N–H and O–H groups in total. The summed E-state index contributed by atoms with van der Waals surface area (Å²) < 4.78 is 0. The highest BCUT2D eigenvalue weighted by atomic mass is 16.1. The summed E-state index contributed by atoms with van der Waals surface area (Å²) in [6, 6.07) is 14.6. The Morgan fingerprint density at radius 1 is 1.00 bits per heavy atom. The molecule has 1 aromatic carbocycles. The summed E-state index contributed by atoms with van der Waals surface area (Å²) in [5.74, 6) is 0.643. The zero-order valence-electron chi connectivity index (χ0n) is 13.0. The van der Waals surface area contributed by atoms with Gasteiger partial charge in [0, 0.05) is 29.2 Å². The van der Waals surface area contributed by atoms with Gasteiger partial charge in [-0.2, -0.15) is 0 Å². The Kier molecular flexibility index (Phi) is 3.39. The number of rotatable bonds is 3. The van der Waals surface area contributed by atoms with Gasteiger partial charge in [-0.25, -0.2) is 4.98 Å². The Morgan fingerprint density at radius 3 is 2.67 bits per heavy atom. The van der Waals surface area contributed by atoms with E-state index in [1.807, 2.05) is 31.2 Å². The van der Waals surface area contributed by atoms with Crippen LogP contribution in [0.4, 0.5) is 0 Å². The number of fused-ring (bicyclic) bond motifs is 1. The molecular formula is C19H14N4O. The van der Waals surface area contributed by atoms with E-state index < -0.39 is 0 Å². The highest BCUT2D eigenvalue weighted by Gasteiger charge is 2.13. The van der Waals surface area contributed by atoms with E-state index in [4.69, 9.17) is 0 Å². The topological polar surface area (TPSA) is 71.5 Å². The van der Waals surface area contributed by atoms with Crippen molar-refractivity contribution in [3.63, 3.8) is 0 Å². The first-order valence-electron chi connectivity index (χ1n) is 7.60. The van der Waals surface area contributed by atoms with Crippen LogP contribution in [-0.2, 0) is 0 Å². The monoisotopic (exact) mass is 314 g/mol. The Labute approximate surface area is 138 Å². The largest absolute Gasteiger partial charge is 0.338 e. The predicted molar refractivity (Wildman–Crippen MR) is 91.7 cm³/mol. The van der Waals surface area contributed by atoms with Gasteiger partial charge < -0.3 is 4.98 Å². The quantitative estimate of drug-likeness (QED) is 0.587. The lowest BCUT2D eigenvalue weighted by Crippen LogP contribution is -2.03. The number of aromatic amines is 1. The van der Waals surface area contributed by atoms with Crippen molar-refractivity contribution in [2.75, 3.05) is 0 Å². The van der Waals surface area contributed by atoms with Gasteiger partial charge >= 0.3 is 0 Å². The van der Waals surface area contributed by atoms with Crippen LogP contribution in [0.2, 0.25) is 0 Å². The van der Waals surface area contributed by atoms with Crippen molar-refractivity contribution >= 4 is 16.8 Å².